The van der Waals surface area contributed by atoms with Crippen molar-refractivity contribution >= 4 is 11.7 Å². The Hall–Kier alpha value is -3.94. The van der Waals surface area contributed by atoms with Crippen molar-refractivity contribution in [3.05, 3.63) is 75.8 Å². The largest absolute Gasteiger partial charge is 0.421 e. The molecular weight excluding hydrogens is 401 g/mol. The van der Waals surface area contributed by atoms with Crippen molar-refractivity contribution in [3.8, 4) is 6.07 Å². The van der Waals surface area contributed by atoms with E-state index in [1.165, 1.54) is 6.07 Å². The van der Waals surface area contributed by atoms with Gasteiger partial charge in [0.25, 0.3) is 5.56 Å². The van der Waals surface area contributed by atoms with E-state index in [0.717, 1.165) is 5.56 Å². The summed E-state index contributed by atoms with van der Waals surface area (Å²) in [5.74, 6) is -0.606. The van der Waals surface area contributed by atoms with Crippen molar-refractivity contribution in [2.24, 2.45) is 0 Å². The van der Waals surface area contributed by atoms with Crippen LogP contribution in [-0.2, 0) is 30.5 Å². The summed E-state index contributed by atoms with van der Waals surface area (Å²) in [4.78, 5) is 24.3. The molecule has 1 aromatic carbocycles. The molecule has 1 N–H and O–H groups in total. The van der Waals surface area contributed by atoms with Gasteiger partial charge in [-0.15, -0.1) is 0 Å². The highest BCUT2D eigenvalue weighted by Crippen LogP contribution is 2.26. The zero-order valence-electron chi connectivity index (χ0n) is 15.4. The van der Waals surface area contributed by atoms with Gasteiger partial charge in [0, 0.05) is 12.3 Å². The molecule has 0 spiro atoms. The van der Waals surface area contributed by atoms with Crippen LogP contribution in [0.4, 0.5) is 19.0 Å². The molecule has 11 heteroatoms. The molecule has 8 nitrogen and oxygen atoms in total. The van der Waals surface area contributed by atoms with Crippen LogP contribution in [0.15, 0.2) is 53.5 Å². The van der Waals surface area contributed by atoms with Crippen molar-refractivity contribution in [1.29, 1.82) is 5.26 Å². The fourth-order valence-corrected chi connectivity index (χ4v) is 2.68. The third kappa shape index (κ3) is 5.11. The van der Waals surface area contributed by atoms with Crippen molar-refractivity contribution < 1.29 is 18.0 Å². The Morgan fingerprint density at radius 2 is 1.90 bits per heavy atom. The lowest BCUT2D eigenvalue weighted by molar-refractivity contribution is -0.139. The van der Waals surface area contributed by atoms with Crippen LogP contribution in [0.1, 0.15) is 16.8 Å². The zero-order valence-corrected chi connectivity index (χ0v) is 15.4. The van der Waals surface area contributed by atoms with Crippen molar-refractivity contribution in [1.82, 2.24) is 19.6 Å². The highest BCUT2D eigenvalue weighted by molar-refractivity contribution is 5.89. The third-order valence-corrected chi connectivity index (χ3v) is 3.98. The van der Waals surface area contributed by atoms with Gasteiger partial charge in [-0.3, -0.25) is 14.3 Å². The summed E-state index contributed by atoms with van der Waals surface area (Å²) in [6.07, 6.45) is -3.74. The van der Waals surface area contributed by atoms with E-state index in [1.54, 1.807) is 16.9 Å². The highest BCUT2D eigenvalue weighted by Gasteiger charge is 2.35. The number of nitriles is 1. The number of carbonyl (C=O) groups is 1. The molecule has 0 aliphatic rings. The molecule has 3 rings (SSSR count). The number of hydrogen-bond donors (Lipinski definition) is 1. The van der Waals surface area contributed by atoms with E-state index in [-0.39, 0.29) is 11.5 Å². The monoisotopic (exact) mass is 416 g/mol. The molecule has 0 atom stereocenters. The van der Waals surface area contributed by atoms with E-state index in [2.05, 4.69) is 15.5 Å². The molecule has 0 fully saturated rings. The molecule has 0 bridgehead atoms. The van der Waals surface area contributed by atoms with Crippen molar-refractivity contribution in [2.75, 3.05) is 5.32 Å². The second-order valence-corrected chi connectivity index (χ2v) is 6.28. The highest BCUT2D eigenvalue weighted by atomic mass is 19.4. The standard InChI is InChI=1S/C19H15F3N6O2/c20-19(21,22)15-10-14(6-8-23)25-28(18(15)30)12-17(29)24-16-7-9-27(26-16)11-13-4-2-1-3-5-13/h1-5,7,9-10H,6,11-12H2,(H,24,26,29). The Morgan fingerprint density at radius 1 is 1.17 bits per heavy atom. The van der Waals surface area contributed by atoms with Gasteiger partial charge >= 0.3 is 6.18 Å². The molecule has 3 aromatic rings. The van der Waals surface area contributed by atoms with Gasteiger partial charge in [0.05, 0.1) is 24.7 Å². The van der Waals surface area contributed by atoms with Crippen LogP contribution in [0.3, 0.4) is 0 Å². The summed E-state index contributed by atoms with van der Waals surface area (Å²) >= 11 is 0. The molecule has 0 radical (unpaired) electrons. The lowest BCUT2D eigenvalue weighted by Crippen LogP contribution is -2.35. The molecule has 1 amide bonds. The number of halogens is 3. The maximum atomic E-state index is 13.1. The summed E-state index contributed by atoms with van der Waals surface area (Å²) < 4.78 is 41.2. The van der Waals surface area contributed by atoms with Crippen molar-refractivity contribution in [2.45, 2.75) is 25.7 Å². The number of carbonyl (C=O) groups excluding carboxylic acids is 1. The minimum absolute atomic E-state index is 0.174. The number of rotatable bonds is 6. The minimum Gasteiger partial charge on any atom is -0.308 e. The van der Waals surface area contributed by atoms with Crippen LogP contribution in [-0.4, -0.2) is 25.5 Å². The first kappa shape index (κ1) is 20.8. The van der Waals surface area contributed by atoms with Crippen LogP contribution in [0.2, 0.25) is 0 Å². The molecular formula is C19H15F3N6O2. The Kier molecular flexibility index (Phi) is 5.96. The van der Waals surface area contributed by atoms with Gasteiger partial charge in [-0.05, 0) is 11.6 Å². The number of alkyl halides is 3. The van der Waals surface area contributed by atoms with E-state index in [0.29, 0.717) is 17.3 Å². The maximum absolute atomic E-state index is 13.1. The molecule has 154 valence electrons. The number of nitrogens with zero attached hydrogens (tertiary/aromatic N) is 5. The second kappa shape index (κ2) is 8.60. The first-order chi connectivity index (χ1) is 14.3. The van der Waals surface area contributed by atoms with E-state index in [9.17, 15) is 22.8 Å². The summed E-state index contributed by atoms with van der Waals surface area (Å²) in [5, 5.41) is 19.0. The molecule has 0 aliphatic carbocycles. The summed E-state index contributed by atoms with van der Waals surface area (Å²) in [6.45, 7) is -0.296. The van der Waals surface area contributed by atoms with E-state index in [4.69, 9.17) is 5.26 Å². The van der Waals surface area contributed by atoms with Crippen molar-refractivity contribution in [3.63, 3.8) is 0 Å². The average molecular weight is 416 g/mol. The number of hydrogen-bond acceptors (Lipinski definition) is 5. The number of aromatic nitrogens is 4. The lowest BCUT2D eigenvalue weighted by Gasteiger charge is -2.11. The van der Waals surface area contributed by atoms with E-state index in [1.807, 2.05) is 30.3 Å². The van der Waals surface area contributed by atoms with Gasteiger partial charge in [0.1, 0.15) is 12.1 Å². The van der Waals surface area contributed by atoms with Gasteiger partial charge in [-0.25, -0.2) is 4.68 Å². The van der Waals surface area contributed by atoms with Gasteiger partial charge in [-0.2, -0.15) is 28.6 Å². The first-order valence-corrected chi connectivity index (χ1v) is 8.68. The van der Waals surface area contributed by atoms with Gasteiger partial charge < -0.3 is 5.32 Å². The fraction of sp³-hybridized carbons (Fsp3) is 0.211. The molecule has 0 aliphatic heterocycles. The summed E-state index contributed by atoms with van der Waals surface area (Å²) in [5.41, 5.74) is -2.22. The van der Waals surface area contributed by atoms with Gasteiger partial charge in [0.2, 0.25) is 5.91 Å². The Bertz CT molecular complexity index is 1150. The molecule has 0 unspecified atom stereocenters. The fourth-order valence-electron chi connectivity index (χ4n) is 2.68. The van der Waals surface area contributed by atoms with Crippen LogP contribution in [0, 0.1) is 11.3 Å². The maximum Gasteiger partial charge on any atom is 0.421 e. The van der Waals surface area contributed by atoms with E-state index < -0.39 is 36.2 Å². The summed E-state index contributed by atoms with van der Waals surface area (Å²) in [6, 6.07) is 13.2. The van der Waals surface area contributed by atoms with Gasteiger partial charge in [-0.1, -0.05) is 30.3 Å². The predicted molar refractivity (Wildman–Crippen MR) is 99.2 cm³/mol. The summed E-state index contributed by atoms with van der Waals surface area (Å²) in [7, 11) is 0. The first-order valence-electron chi connectivity index (χ1n) is 8.68. The number of anilines is 1. The van der Waals surface area contributed by atoms with Crippen LogP contribution in [0.5, 0.6) is 0 Å². The number of amides is 1. The Morgan fingerprint density at radius 3 is 2.57 bits per heavy atom. The predicted octanol–water partition coefficient (Wildman–Crippen LogP) is 2.21. The lowest BCUT2D eigenvalue weighted by atomic mass is 10.2. The average Bonchev–Trinajstić information content (AvgIpc) is 3.11. The smallest absolute Gasteiger partial charge is 0.308 e. The molecule has 2 aromatic heterocycles. The van der Waals surface area contributed by atoms with Crippen LogP contribution in [0.25, 0.3) is 0 Å². The topological polar surface area (TPSA) is 106 Å². The molecule has 2 heterocycles. The van der Waals surface area contributed by atoms with Gasteiger partial charge in [0.15, 0.2) is 5.82 Å². The van der Waals surface area contributed by atoms with Crippen LogP contribution >= 0.6 is 0 Å². The van der Waals surface area contributed by atoms with E-state index >= 15 is 0 Å². The molecule has 0 saturated carbocycles. The molecule has 30 heavy (non-hydrogen) atoms. The number of benzene rings is 1. The second-order valence-electron chi connectivity index (χ2n) is 6.28. The minimum atomic E-state index is -4.93. The third-order valence-electron chi connectivity index (χ3n) is 3.98. The number of nitrogens with one attached hydrogen (secondary N) is 1. The normalized spacial score (nSPS) is 11.1. The zero-order chi connectivity index (χ0) is 21.7. The quantitative estimate of drug-likeness (QED) is 0.663. The Labute approximate surface area is 168 Å². The Balaban J connectivity index is 1.74. The molecule has 0 saturated heterocycles. The van der Waals surface area contributed by atoms with Crippen LogP contribution < -0.4 is 10.9 Å². The SMILES string of the molecule is N#CCc1cc(C(F)(F)F)c(=O)n(CC(=O)Nc2ccn(Cc3ccccc3)n2)n1.